The molecule has 0 radical (unpaired) electrons. The molecule has 0 aliphatic carbocycles. The fourth-order valence-corrected chi connectivity index (χ4v) is 1.86. The summed E-state index contributed by atoms with van der Waals surface area (Å²) in [6.45, 7) is 9.74. The molecular formula is C16H25NO3. The highest BCUT2D eigenvalue weighted by atomic mass is 16.6. The first-order valence-electron chi connectivity index (χ1n) is 6.98. The summed E-state index contributed by atoms with van der Waals surface area (Å²) in [4.78, 5) is 11.4. The van der Waals surface area contributed by atoms with Gasteiger partial charge in [-0.15, -0.1) is 0 Å². The van der Waals surface area contributed by atoms with Gasteiger partial charge in [-0.25, -0.2) is 4.79 Å². The maximum Gasteiger partial charge on any atom is 0.346 e. The van der Waals surface area contributed by atoms with Crippen LogP contribution in [-0.2, 0) is 16.1 Å². The first-order chi connectivity index (χ1) is 9.43. The zero-order valence-electron chi connectivity index (χ0n) is 13.0. The standard InChI is InChI=1S/C16H25NO3/c1-11(2)9-17-10-14-8-12(3)6-7-15(14)20-13(4)16(18)19-5/h6-8,11,13,17H,9-10H2,1-5H3. The molecule has 1 atom stereocenters. The van der Waals surface area contributed by atoms with Crippen LogP contribution in [-0.4, -0.2) is 25.7 Å². The van der Waals surface area contributed by atoms with E-state index in [0.717, 1.165) is 24.4 Å². The topological polar surface area (TPSA) is 47.6 Å². The van der Waals surface area contributed by atoms with Gasteiger partial charge in [-0.3, -0.25) is 0 Å². The largest absolute Gasteiger partial charge is 0.479 e. The molecule has 0 bridgehead atoms. The molecule has 1 N–H and O–H groups in total. The van der Waals surface area contributed by atoms with Gasteiger partial charge in [0.05, 0.1) is 7.11 Å². The summed E-state index contributed by atoms with van der Waals surface area (Å²) >= 11 is 0. The summed E-state index contributed by atoms with van der Waals surface area (Å²) in [6.07, 6.45) is -0.605. The number of esters is 1. The van der Waals surface area contributed by atoms with Crippen LogP contribution in [0.15, 0.2) is 18.2 Å². The number of ether oxygens (including phenoxy) is 2. The Labute approximate surface area is 121 Å². The Morgan fingerprint density at radius 1 is 1.30 bits per heavy atom. The number of hydrogen-bond acceptors (Lipinski definition) is 4. The lowest BCUT2D eigenvalue weighted by Gasteiger charge is -2.17. The zero-order chi connectivity index (χ0) is 15.1. The Morgan fingerprint density at radius 3 is 2.60 bits per heavy atom. The van der Waals surface area contributed by atoms with E-state index in [1.807, 2.05) is 19.1 Å². The second-order valence-electron chi connectivity index (χ2n) is 5.42. The van der Waals surface area contributed by atoms with Crippen molar-refractivity contribution in [3.05, 3.63) is 29.3 Å². The first-order valence-corrected chi connectivity index (χ1v) is 6.98. The number of benzene rings is 1. The maximum absolute atomic E-state index is 11.4. The Balaban J connectivity index is 2.76. The molecule has 0 aliphatic heterocycles. The molecular weight excluding hydrogens is 254 g/mol. The highest BCUT2D eigenvalue weighted by Crippen LogP contribution is 2.21. The van der Waals surface area contributed by atoms with Gasteiger partial charge in [0.15, 0.2) is 6.10 Å². The van der Waals surface area contributed by atoms with Crippen molar-refractivity contribution >= 4 is 5.97 Å². The van der Waals surface area contributed by atoms with E-state index in [-0.39, 0.29) is 5.97 Å². The van der Waals surface area contributed by atoms with Crippen molar-refractivity contribution in [3.8, 4) is 5.75 Å². The average molecular weight is 279 g/mol. The molecule has 0 saturated carbocycles. The second-order valence-corrected chi connectivity index (χ2v) is 5.42. The van der Waals surface area contributed by atoms with E-state index in [0.29, 0.717) is 5.92 Å². The van der Waals surface area contributed by atoms with Gasteiger partial charge in [-0.2, -0.15) is 0 Å². The van der Waals surface area contributed by atoms with Crippen LogP contribution in [0.4, 0.5) is 0 Å². The van der Waals surface area contributed by atoms with E-state index in [1.54, 1.807) is 6.92 Å². The van der Waals surface area contributed by atoms with Crippen molar-refractivity contribution < 1.29 is 14.3 Å². The third-order valence-electron chi connectivity index (χ3n) is 2.92. The van der Waals surface area contributed by atoms with Crippen LogP contribution in [0.25, 0.3) is 0 Å². The van der Waals surface area contributed by atoms with Crippen LogP contribution in [0.3, 0.4) is 0 Å². The van der Waals surface area contributed by atoms with Gasteiger partial charge in [-0.05, 0) is 32.4 Å². The van der Waals surface area contributed by atoms with Crippen molar-refractivity contribution in [2.45, 2.75) is 40.3 Å². The number of methoxy groups -OCH3 is 1. The van der Waals surface area contributed by atoms with Crippen LogP contribution >= 0.6 is 0 Å². The van der Waals surface area contributed by atoms with Gasteiger partial charge >= 0.3 is 5.97 Å². The molecule has 1 aromatic rings. The monoisotopic (exact) mass is 279 g/mol. The SMILES string of the molecule is COC(=O)C(C)Oc1ccc(C)cc1CNCC(C)C. The molecule has 20 heavy (non-hydrogen) atoms. The van der Waals surface area contributed by atoms with Crippen molar-refractivity contribution in [2.75, 3.05) is 13.7 Å². The molecule has 1 aromatic carbocycles. The Hall–Kier alpha value is -1.55. The van der Waals surface area contributed by atoms with Gasteiger partial charge in [-0.1, -0.05) is 31.5 Å². The smallest absolute Gasteiger partial charge is 0.346 e. The average Bonchev–Trinajstić information content (AvgIpc) is 2.40. The zero-order valence-corrected chi connectivity index (χ0v) is 13.0. The summed E-state index contributed by atoms with van der Waals surface area (Å²) in [5.74, 6) is 0.953. The summed E-state index contributed by atoms with van der Waals surface area (Å²) < 4.78 is 10.4. The predicted molar refractivity (Wildman–Crippen MR) is 79.8 cm³/mol. The molecule has 0 fully saturated rings. The van der Waals surface area contributed by atoms with Gasteiger partial charge in [0, 0.05) is 12.1 Å². The Morgan fingerprint density at radius 2 is 2.00 bits per heavy atom. The van der Waals surface area contributed by atoms with Crippen molar-refractivity contribution in [2.24, 2.45) is 5.92 Å². The van der Waals surface area contributed by atoms with E-state index in [4.69, 9.17) is 4.74 Å². The van der Waals surface area contributed by atoms with Crippen molar-refractivity contribution in [1.29, 1.82) is 0 Å². The number of rotatable bonds is 7. The molecule has 0 spiro atoms. The molecule has 1 unspecified atom stereocenters. The first kappa shape index (κ1) is 16.5. The van der Waals surface area contributed by atoms with Crippen LogP contribution in [0.2, 0.25) is 0 Å². The third-order valence-corrected chi connectivity index (χ3v) is 2.92. The number of carbonyl (C=O) groups is 1. The van der Waals surface area contributed by atoms with Crippen LogP contribution in [0.5, 0.6) is 5.75 Å². The van der Waals surface area contributed by atoms with Gasteiger partial charge < -0.3 is 14.8 Å². The summed E-state index contributed by atoms with van der Waals surface area (Å²) in [6, 6.07) is 5.96. The maximum atomic E-state index is 11.4. The predicted octanol–water partition coefficient (Wildman–Crippen LogP) is 2.68. The number of aryl methyl sites for hydroxylation is 1. The Kier molecular flexibility index (Phi) is 6.52. The Bertz CT molecular complexity index is 443. The van der Waals surface area contributed by atoms with E-state index < -0.39 is 6.10 Å². The summed E-state index contributed by atoms with van der Waals surface area (Å²) in [5, 5.41) is 3.39. The molecule has 0 aliphatic rings. The quantitative estimate of drug-likeness (QED) is 0.780. The lowest BCUT2D eigenvalue weighted by molar-refractivity contribution is -0.147. The molecule has 112 valence electrons. The fourth-order valence-electron chi connectivity index (χ4n) is 1.86. The minimum Gasteiger partial charge on any atom is -0.479 e. The van der Waals surface area contributed by atoms with E-state index >= 15 is 0 Å². The highest BCUT2D eigenvalue weighted by molar-refractivity contribution is 5.74. The highest BCUT2D eigenvalue weighted by Gasteiger charge is 2.16. The van der Waals surface area contributed by atoms with E-state index in [9.17, 15) is 4.79 Å². The summed E-state index contributed by atoms with van der Waals surface area (Å²) in [5.41, 5.74) is 2.23. The van der Waals surface area contributed by atoms with Crippen molar-refractivity contribution in [3.63, 3.8) is 0 Å². The number of nitrogens with one attached hydrogen (secondary N) is 1. The lowest BCUT2D eigenvalue weighted by atomic mass is 10.1. The van der Waals surface area contributed by atoms with Gasteiger partial charge in [0.2, 0.25) is 0 Å². The molecule has 1 rings (SSSR count). The van der Waals surface area contributed by atoms with Crippen LogP contribution in [0, 0.1) is 12.8 Å². The number of carbonyl (C=O) groups excluding carboxylic acids is 1. The molecule has 4 nitrogen and oxygen atoms in total. The molecule has 0 heterocycles. The van der Waals surface area contributed by atoms with E-state index in [2.05, 4.69) is 30.0 Å². The van der Waals surface area contributed by atoms with Crippen LogP contribution in [0.1, 0.15) is 31.9 Å². The second kappa shape index (κ2) is 7.90. The molecule has 0 saturated heterocycles. The fraction of sp³-hybridized carbons (Fsp3) is 0.562. The molecule has 4 heteroatoms. The minimum atomic E-state index is -0.605. The normalized spacial score (nSPS) is 12.3. The van der Waals surface area contributed by atoms with E-state index in [1.165, 1.54) is 12.7 Å². The third kappa shape index (κ3) is 5.21. The molecule has 0 aromatic heterocycles. The number of hydrogen-bond donors (Lipinski definition) is 1. The van der Waals surface area contributed by atoms with Gasteiger partial charge in [0.1, 0.15) is 5.75 Å². The molecule has 0 amide bonds. The summed E-state index contributed by atoms with van der Waals surface area (Å²) in [7, 11) is 1.36. The minimum absolute atomic E-state index is 0.369. The van der Waals surface area contributed by atoms with Crippen LogP contribution < -0.4 is 10.1 Å². The lowest BCUT2D eigenvalue weighted by Crippen LogP contribution is -2.26. The van der Waals surface area contributed by atoms with Gasteiger partial charge in [0.25, 0.3) is 0 Å². The van der Waals surface area contributed by atoms with Crippen molar-refractivity contribution in [1.82, 2.24) is 5.32 Å².